The Hall–Kier alpha value is -1.72. The van der Waals surface area contributed by atoms with Crippen LogP contribution in [0.5, 0.6) is 0 Å². The third kappa shape index (κ3) is 2.89. The molecule has 0 aliphatic rings. The quantitative estimate of drug-likeness (QED) is 0.666. The van der Waals surface area contributed by atoms with Crippen LogP contribution in [0.4, 0.5) is 8.78 Å². The number of hydrogen-bond acceptors (Lipinski definition) is 2. The summed E-state index contributed by atoms with van der Waals surface area (Å²) in [7, 11) is 5.12. The maximum absolute atomic E-state index is 14.2. The largest absolute Gasteiger partial charge is 0.371 e. The average Bonchev–Trinajstić information content (AvgIpc) is 2.37. The van der Waals surface area contributed by atoms with E-state index in [0.29, 0.717) is 12.0 Å². The third-order valence-corrected chi connectivity index (χ3v) is 3.09. The highest BCUT2D eigenvalue weighted by atomic mass is 19.1. The average molecular weight is 274 g/mol. The minimum atomic E-state index is -2.67. The molecule has 0 fully saturated rings. The van der Waals surface area contributed by atoms with Gasteiger partial charge >= 0.3 is 0 Å². The fourth-order valence-electron chi connectivity index (χ4n) is 2.03. The van der Waals surface area contributed by atoms with Crippen molar-refractivity contribution in [3.63, 3.8) is 0 Å². The lowest BCUT2D eigenvalue weighted by atomic mass is 9.85. The molecule has 0 aliphatic heterocycles. The molecule has 2 radical (unpaired) electrons. The minimum absolute atomic E-state index is 0.189. The van der Waals surface area contributed by atoms with E-state index in [4.69, 9.17) is 7.85 Å². The first-order valence-electron chi connectivity index (χ1n) is 6.15. The van der Waals surface area contributed by atoms with Crippen molar-refractivity contribution in [3.8, 4) is 11.1 Å². The Morgan fingerprint density at radius 1 is 1.15 bits per heavy atom. The van der Waals surface area contributed by atoms with Crippen molar-refractivity contribution in [1.29, 1.82) is 0 Å². The van der Waals surface area contributed by atoms with Gasteiger partial charge in [0, 0.05) is 11.1 Å². The monoisotopic (exact) mass is 274 g/mol. The van der Waals surface area contributed by atoms with Gasteiger partial charge in [0.15, 0.2) is 7.85 Å². The van der Waals surface area contributed by atoms with E-state index in [1.807, 2.05) is 6.92 Å². The van der Waals surface area contributed by atoms with E-state index in [1.54, 1.807) is 12.1 Å². The number of benzene rings is 2. The zero-order chi connectivity index (χ0) is 14.9. The molecule has 5 heteroatoms. The molecule has 0 aliphatic carbocycles. The van der Waals surface area contributed by atoms with Crippen LogP contribution in [0, 0.1) is 11.6 Å². The highest BCUT2D eigenvalue weighted by Crippen LogP contribution is 2.29. The van der Waals surface area contributed by atoms with Gasteiger partial charge < -0.3 is 10.2 Å². The molecule has 20 heavy (non-hydrogen) atoms. The van der Waals surface area contributed by atoms with Gasteiger partial charge in [-0.25, -0.2) is 8.78 Å². The molecular formula is C15H13BF2O2. The lowest BCUT2D eigenvalue weighted by Gasteiger charge is -2.18. The number of aliphatic hydroxyl groups is 2. The molecule has 0 saturated carbocycles. The second-order valence-electron chi connectivity index (χ2n) is 4.59. The highest BCUT2D eigenvalue weighted by molar-refractivity contribution is 6.13. The van der Waals surface area contributed by atoms with E-state index in [-0.39, 0.29) is 16.7 Å². The van der Waals surface area contributed by atoms with Gasteiger partial charge in [0.25, 0.3) is 0 Å². The molecule has 0 amide bonds. The number of hydrogen-bond donors (Lipinski definition) is 2. The van der Waals surface area contributed by atoms with Crippen LogP contribution >= 0.6 is 0 Å². The van der Waals surface area contributed by atoms with Crippen molar-refractivity contribution in [2.24, 2.45) is 0 Å². The van der Waals surface area contributed by atoms with Gasteiger partial charge in [0.2, 0.25) is 0 Å². The highest BCUT2D eigenvalue weighted by Gasteiger charge is 2.20. The van der Waals surface area contributed by atoms with Gasteiger partial charge in [-0.3, -0.25) is 0 Å². The Morgan fingerprint density at radius 3 is 2.45 bits per heavy atom. The summed E-state index contributed by atoms with van der Waals surface area (Å²) >= 11 is 0. The lowest BCUT2D eigenvalue weighted by Crippen LogP contribution is -2.25. The van der Waals surface area contributed by atoms with Gasteiger partial charge in [-0.15, -0.1) is 0 Å². The molecule has 102 valence electrons. The number of rotatable bonds is 3. The number of aryl methyl sites for hydroxylation is 1. The Balaban J connectivity index is 2.62. The van der Waals surface area contributed by atoms with Gasteiger partial charge in [-0.1, -0.05) is 25.1 Å². The smallest absolute Gasteiger partial charge is 0.160 e. The standard InChI is InChI=1S/C15H13BF2O2/c1-2-9-4-3-5-13(14(9)18)10-6-11(15(16,19)20)8-12(17)7-10/h3-8,19-20H,2H2,1H3. The Kier molecular flexibility index (Phi) is 3.93. The van der Waals surface area contributed by atoms with E-state index in [0.717, 1.165) is 12.1 Å². The lowest BCUT2D eigenvalue weighted by molar-refractivity contribution is -0.0911. The second kappa shape index (κ2) is 5.35. The predicted octanol–water partition coefficient (Wildman–Crippen LogP) is 2.46. The molecule has 0 unspecified atom stereocenters. The van der Waals surface area contributed by atoms with Crippen LogP contribution < -0.4 is 0 Å². The van der Waals surface area contributed by atoms with Crippen molar-refractivity contribution >= 4 is 7.85 Å². The summed E-state index contributed by atoms with van der Waals surface area (Å²) < 4.78 is 27.8. The molecule has 0 spiro atoms. The fraction of sp³-hybridized carbons (Fsp3) is 0.200. The summed E-state index contributed by atoms with van der Waals surface area (Å²) in [6, 6.07) is 8.07. The van der Waals surface area contributed by atoms with Crippen LogP contribution in [-0.4, -0.2) is 18.1 Å². The van der Waals surface area contributed by atoms with E-state index in [2.05, 4.69) is 0 Å². The molecule has 2 aromatic rings. The molecule has 0 heterocycles. The minimum Gasteiger partial charge on any atom is -0.371 e. The van der Waals surface area contributed by atoms with Crippen LogP contribution in [0.15, 0.2) is 36.4 Å². The van der Waals surface area contributed by atoms with Gasteiger partial charge in [-0.05, 0) is 35.7 Å². The van der Waals surface area contributed by atoms with E-state index < -0.39 is 17.3 Å². The van der Waals surface area contributed by atoms with Crippen molar-refractivity contribution in [2.45, 2.75) is 19.0 Å². The summed E-state index contributed by atoms with van der Waals surface area (Å²) in [6.45, 7) is 1.81. The van der Waals surface area contributed by atoms with Crippen molar-refractivity contribution in [2.75, 3.05) is 0 Å². The molecule has 2 nitrogen and oxygen atoms in total. The van der Waals surface area contributed by atoms with Crippen LogP contribution in [-0.2, 0) is 12.1 Å². The summed E-state index contributed by atoms with van der Waals surface area (Å²) in [4.78, 5) is 0. The summed E-state index contributed by atoms with van der Waals surface area (Å²) in [5, 5.41) is 18.7. The maximum Gasteiger partial charge on any atom is 0.160 e. The summed E-state index contributed by atoms with van der Waals surface area (Å²) in [5.74, 6) is -1.18. The van der Waals surface area contributed by atoms with E-state index in [9.17, 15) is 19.0 Å². The summed E-state index contributed by atoms with van der Waals surface area (Å²) in [6.07, 6.45) is 0.503. The molecule has 0 saturated heterocycles. The molecule has 0 aromatic heterocycles. The van der Waals surface area contributed by atoms with Crippen LogP contribution in [0.3, 0.4) is 0 Å². The van der Waals surface area contributed by atoms with Crippen LogP contribution in [0.25, 0.3) is 11.1 Å². The molecule has 0 atom stereocenters. The van der Waals surface area contributed by atoms with Crippen LogP contribution in [0.1, 0.15) is 18.1 Å². The maximum atomic E-state index is 14.2. The molecular weight excluding hydrogens is 261 g/mol. The Labute approximate surface area is 117 Å². The Morgan fingerprint density at radius 2 is 1.85 bits per heavy atom. The first kappa shape index (κ1) is 14.7. The van der Waals surface area contributed by atoms with Gasteiger partial charge in [0.05, 0.1) is 0 Å². The molecule has 2 N–H and O–H groups in total. The first-order chi connectivity index (χ1) is 9.32. The predicted molar refractivity (Wildman–Crippen MR) is 73.0 cm³/mol. The zero-order valence-corrected chi connectivity index (χ0v) is 10.9. The van der Waals surface area contributed by atoms with E-state index >= 15 is 0 Å². The molecule has 0 bridgehead atoms. The molecule has 2 aromatic carbocycles. The fourth-order valence-corrected chi connectivity index (χ4v) is 2.03. The Bertz CT molecular complexity index is 636. The third-order valence-electron chi connectivity index (χ3n) is 3.09. The van der Waals surface area contributed by atoms with Crippen LogP contribution in [0.2, 0.25) is 0 Å². The SMILES string of the molecule is [B]C(O)(O)c1cc(F)cc(-c2cccc(CC)c2F)c1. The van der Waals surface area contributed by atoms with E-state index in [1.165, 1.54) is 12.1 Å². The first-order valence-corrected chi connectivity index (χ1v) is 6.15. The summed E-state index contributed by atoms with van der Waals surface area (Å²) in [5.41, 5.74) is -2.02. The van der Waals surface area contributed by atoms with Gasteiger partial charge in [-0.2, -0.15) is 0 Å². The van der Waals surface area contributed by atoms with Crippen molar-refractivity contribution in [3.05, 3.63) is 59.2 Å². The van der Waals surface area contributed by atoms with Crippen molar-refractivity contribution < 1.29 is 19.0 Å². The number of halogens is 2. The normalized spacial score (nSPS) is 11.7. The second-order valence-corrected chi connectivity index (χ2v) is 4.59. The topological polar surface area (TPSA) is 40.5 Å². The van der Waals surface area contributed by atoms with Gasteiger partial charge in [0.1, 0.15) is 17.3 Å². The zero-order valence-electron chi connectivity index (χ0n) is 10.9. The molecule has 2 rings (SSSR count). The van der Waals surface area contributed by atoms with Crippen molar-refractivity contribution in [1.82, 2.24) is 0 Å².